The van der Waals surface area contributed by atoms with E-state index in [2.05, 4.69) is 10.6 Å². The number of benzene rings is 1. The van der Waals surface area contributed by atoms with E-state index in [1.807, 2.05) is 18.2 Å². The van der Waals surface area contributed by atoms with Crippen LogP contribution in [0.2, 0.25) is 0 Å². The second-order valence-corrected chi connectivity index (χ2v) is 4.74. The number of hydrogen-bond donors (Lipinski definition) is 3. The minimum absolute atomic E-state index is 0.145. The Balaban J connectivity index is 1.83. The number of methoxy groups -OCH3 is 1. The average molecular weight is 249 g/mol. The summed E-state index contributed by atoms with van der Waals surface area (Å²) < 4.78 is 5.09. The first kappa shape index (κ1) is 12.7. The Morgan fingerprint density at radius 2 is 2.28 bits per heavy atom. The fourth-order valence-electron chi connectivity index (χ4n) is 1.77. The molecular formula is C13H19N3O2. The predicted octanol–water partition coefficient (Wildman–Crippen LogP) is 1.56. The van der Waals surface area contributed by atoms with Gasteiger partial charge in [-0.1, -0.05) is 6.07 Å². The van der Waals surface area contributed by atoms with E-state index in [9.17, 15) is 4.79 Å². The minimum atomic E-state index is -0.206. The third kappa shape index (κ3) is 3.13. The molecule has 1 aliphatic carbocycles. The van der Waals surface area contributed by atoms with Crippen LogP contribution in [0.4, 0.5) is 10.5 Å². The first-order valence-electron chi connectivity index (χ1n) is 6.06. The molecule has 5 heteroatoms. The second-order valence-electron chi connectivity index (χ2n) is 4.74. The molecule has 0 heterocycles. The molecule has 0 atom stereocenters. The summed E-state index contributed by atoms with van der Waals surface area (Å²) in [6.45, 7) is 1.27. The van der Waals surface area contributed by atoms with Gasteiger partial charge in [0.15, 0.2) is 0 Å². The molecule has 0 unspecified atom stereocenters. The predicted molar refractivity (Wildman–Crippen MR) is 70.7 cm³/mol. The monoisotopic (exact) mass is 249 g/mol. The number of nitrogens with one attached hydrogen (secondary N) is 2. The highest BCUT2D eigenvalue weighted by atomic mass is 16.5. The number of anilines is 1. The third-order valence-corrected chi connectivity index (χ3v) is 3.34. The maximum atomic E-state index is 11.7. The van der Waals surface area contributed by atoms with Crippen LogP contribution in [0, 0.1) is 5.41 Å². The molecule has 0 bridgehead atoms. The molecule has 0 spiro atoms. The topological polar surface area (TPSA) is 76.4 Å². The molecule has 1 saturated carbocycles. The van der Waals surface area contributed by atoms with E-state index < -0.39 is 0 Å². The van der Waals surface area contributed by atoms with E-state index in [-0.39, 0.29) is 11.4 Å². The zero-order valence-corrected chi connectivity index (χ0v) is 10.5. The largest absolute Gasteiger partial charge is 0.497 e. The van der Waals surface area contributed by atoms with Gasteiger partial charge in [-0.2, -0.15) is 0 Å². The van der Waals surface area contributed by atoms with Crippen LogP contribution in [0.5, 0.6) is 5.75 Å². The Bertz CT molecular complexity index is 430. The van der Waals surface area contributed by atoms with Crippen LogP contribution in [0.25, 0.3) is 0 Å². The lowest BCUT2D eigenvalue weighted by atomic mass is 10.1. The SMILES string of the molecule is COc1cccc(NC(=O)NCC2(CN)CC2)c1. The zero-order chi connectivity index (χ0) is 13.0. The van der Waals surface area contributed by atoms with E-state index in [0.717, 1.165) is 12.8 Å². The Morgan fingerprint density at radius 1 is 1.50 bits per heavy atom. The molecule has 0 saturated heterocycles. The van der Waals surface area contributed by atoms with Gasteiger partial charge in [-0.25, -0.2) is 4.79 Å². The fraction of sp³-hybridized carbons (Fsp3) is 0.462. The molecule has 0 aromatic heterocycles. The van der Waals surface area contributed by atoms with Crippen molar-refractivity contribution in [2.75, 3.05) is 25.5 Å². The van der Waals surface area contributed by atoms with Gasteiger partial charge in [-0.15, -0.1) is 0 Å². The average Bonchev–Trinajstić information content (AvgIpc) is 3.17. The lowest BCUT2D eigenvalue weighted by Gasteiger charge is -2.14. The molecule has 4 N–H and O–H groups in total. The van der Waals surface area contributed by atoms with Crippen LogP contribution in [0.15, 0.2) is 24.3 Å². The lowest BCUT2D eigenvalue weighted by Crippen LogP contribution is -2.36. The van der Waals surface area contributed by atoms with Gasteiger partial charge < -0.3 is 21.1 Å². The molecule has 1 fully saturated rings. The van der Waals surface area contributed by atoms with Crippen LogP contribution < -0.4 is 21.1 Å². The number of amides is 2. The molecule has 18 heavy (non-hydrogen) atoms. The molecule has 5 nitrogen and oxygen atoms in total. The molecule has 2 amide bonds. The molecule has 2 rings (SSSR count). The highest BCUT2D eigenvalue weighted by Crippen LogP contribution is 2.43. The zero-order valence-electron chi connectivity index (χ0n) is 10.5. The maximum absolute atomic E-state index is 11.7. The van der Waals surface area contributed by atoms with Gasteiger partial charge >= 0.3 is 6.03 Å². The number of rotatable bonds is 5. The van der Waals surface area contributed by atoms with Gasteiger partial charge in [0.05, 0.1) is 7.11 Å². The third-order valence-electron chi connectivity index (χ3n) is 3.34. The number of hydrogen-bond acceptors (Lipinski definition) is 3. The first-order valence-corrected chi connectivity index (χ1v) is 6.06. The standard InChI is InChI=1S/C13H19N3O2/c1-18-11-4-2-3-10(7-11)16-12(17)15-9-13(8-14)5-6-13/h2-4,7H,5-6,8-9,14H2,1H3,(H2,15,16,17). The van der Waals surface area contributed by atoms with Crippen molar-refractivity contribution in [2.45, 2.75) is 12.8 Å². The van der Waals surface area contributed by atoms with Crippen LogP contribution in [-0.4, -0.2) is 26.2 Å². The summed E-state index contributed by atoms with van der Waals surface area (Å²) in [5.41, 5.74) is 6.51. The minimum Gasteiger partial charge on any atom is -0.497 e. The van der Waals surface area contributed by atoms with Crippen molar-refractivity contribution in [1.82, 2.24) is 5.32 Å². The van der Waals surface area contributed by atoms with E-state index in [0.29, 0.717) is 24.5 Å². The van der Waals surface area contributed by atoms with Crippen molar-refractivity contribution in [1.29, 1.82) is 0 Å². The molecule has 1 aliphatic rings. The van der Waals surface area contributed by atoms with E-state index in [4.69, 9.17) is 10.5 Å². The summed E-state index contributed by atoms with van der Waals surface area (Å²) in [4.78, 5) is 11.7. The van der Waals surface area contributed by atoms with Gasteiger partial charge in [0, 0.05) is 23.7 Å². The molecule has 98 valence electrons. The molecular weight excluding hydrogens is 230 g/mol. The number of ether oxygens (including phenoxy) is 1. The quantitative estimate of drug-likeness (QED) is 0.741. The van der Waals surface area contributed by atoms with Crippen molar-refractivity contribution in [3.63, 3.8) is 0 Å². The van der Waals surface area contributed by atoms with Crippen LogP contribution in [0.3, 0.4) is 0 Å². The van der Waals surface area contributed by atoms with Crippen molar-refractivity contribution in [3.05, 3.63) is 24.3 Å². The van der Waals surface area contributed by atoms with Crippen LogP contribution in [-0.2, 0) is 0 Å². The summed E-state index contributed by atoms with van der Waals surface area (Å²) in [7, 11) is 1.59. The Kier molecular flexibility index (Phi) is 3.72. The van der Waals surface area contributed by atoms with Gasteiger partial charge in [-0.05, 0) is 31.5 Å². The summed E-state index contributed by atoms with van der Waals surface area (Å²) in [5.74, 6) is 0.716. The number of carbonyl (C=O) groups is 1. The number of urea groups is 1. The van der Waals surface area contributed by atoms with Gasteiger partial charge in [-0.3, -0.25) is 0 Å². The molecule has 0 aliphatic heterocycles. The first-order chi connectivity index (χ1) is 8.67. The molecule has 0 radical (unpaired) electrons. The molecule has 1 aromatic carbocycles. The van der Waals surface area contributed by atoms with Crippen LogP contribution in [0.1, 0.15) is 12.8 Å². The van der Waals surface area contributed by atoms with E-state index >= 15 is 0 Å². The lowest BCUT2D eigenvalue weighted by molar-refractivity contribution is 0.249. The Morgan fingerprint density at radius 3 is 2.89 bits per heavy atom. The van der Waals surface area contributed by atoms with Crippen molar-refractivity contribution in [2.24, 2.45) is 11.1 Å². The van der Waals surface area contributed by atoms with Gasteiger partial charge in [0.1, 0.15) is 5.75 Å². The smallest absolute Gasteiger partial charge is 0.319 e. The van der Waals surface area contributed by atoms with E-state index in [1.165, 1.54) is 0 Å². The van der Waals surface area contributed by atoms with Crippen molar-refractivity contribution >= 4 is 11.7 Å². The molecule has 1 aromatic rings. The van der Waals surface area contributed by atoms with E-state index in [1.54, 1.807) is 13.2 Å². The fourth-order valence-corrected chi connectivity index (χ4v) is 1.77. The Hall–Kier alpha value is -1.75. The Labute approximate surface area is 107 Å². The summed E-state index contributed by atoms with van der Waals surface area (Å²) in [6, 6.07) is 7.05. The summed E-state index contributed by atoms with van der Waals surface area (Å²) in [6.07, 6.45) is 2.20. The van der Waals surface area contributed by atoms with Gasteiger partial charge in [0.2, 0.25) is 0 Å². The second kappa shape index (κ2) is 5.27. The number of carbonyl (C=O) groups excluding carboxylic acids is 1. The van der Waals surface area contributed by atoms with Crippen molar-refractivity contribution < 1.29 is 9.53 Å². The summed E-state index contributed by atoms with van der Waals surface area (Å²) >= 11 is 0. The van der Waals surface area contributed by atoms with Crippen LogP contribution >= 0.6 is 0 Å². The van der Waals surface area contributed by atoms with Crippen molar-refractivity contribution in [3.8, 4) is 5.75 Å². The summed E-state index contributed by atoms with van der Waals surface area (Å²) in [5, 5.41) is 5.62. The maximum Gasteiger partial charge on any atom is 0.319 e. The van der Waals surface area contributed by atoms with Gasteiger partial charge in [0.25, 0.3) is 0 Å². The normalized spacial score (nSPS) is 15.9. The highest BCUT2D eigenvalue weighted by molar-refractivity contribution is 5.89. The highest BCUT2D eigenvalue weighted by Gasteiger charge is 2.41. The number of nitrogens with two attached hydrogens (primary N) is 1.